The van der Waals surface area contributed by atoms with Gasteiger partial charge in [-0.1, -0.05) is 30.3 Å². The van der Waals surface area contributed by atoms with Gasteiger partial charge in [-0.15, -0.1) is 0 Å². The number of rotatable bonds is 6. The van der Waals surface area contributed by atoms with E-state index >= 15 is 0 Å². The molecule has 114 valence electrons. The molecule has 4 heteroatoms. The number of esters is 1. The van der Waals surface area contributed by atoms with Gasteiger partial charge in [-0.05, 0) is 39.2 Å². The highest BCUT2D eigenvalue weighted by atomic mass is 16.5. The van der Waals surface area contributed by atoms with Crippen LogP contribution < -0.4 is 0 Å². The molecule has 0 heterocycles. The van der Waals surface area contributed by atoms with E-state index in [1.165, 1.54) is 0 Å². The normalized spacial score (nSPS) is 14.6. The van der Waals surface area contributed by atoms with Crippen molar-refractivity contribution in [2.75, 3.05) is 13.2 Å². The molecule has 1 aliphatic carbocycles. The van der Waals surface area contributed by atoms with Crippen molar-refractivity contribution in [1.82, 2.24) is 4.90 Å². The van der Waals surface area contributed by atoms with E-state index in [9.17, 15) is 9.59 Å². The van der Waals surface area contributed by atoms with Crippen LogP contribution >= 0.6 is 0 Å². The molecule has 0 aromatic heterocycles. The van der Waals surface area contributed by atoms with Crippen molar-refractivity contribution in [1.29, 1.82) is 0 Å². The summed E-state index contributed by atoms with van der Waals surface area (Å²) in [6.07, 6.45) is 1.94. The fourth-order valence-electron chi connectivity index (χ4n) is 2.44. The molecule has 0 radical (unpaired) electrons. The second kappa shape index (κ2) is 6.29. The van der Waals surface area contributed by atoms with Crippen LogP contribution in [0.25, 0.3) is 0 Å². The molecule has 2 rings (SSSR count). The van der Waals surface area contributed by atoms with Crippen LogP contribution in [-0.4, -0.2) is 36.0 Å². The Labute approximate surface area is 126 Å². The zero-order valence-corrected chi connectivity index (χ0v) is 13.0. The molecule has 1 saturated carbocycles. The van der Waals surface area contributed by atoms with Gasteiger partial charge in [0.15, 0.2) is 0 Å². The second-order valence-electron chi connectivity index (χ2n) is 5.96. The minimum Gasteiger partial charge on any atom is -0.465 e. The predicted octanol–water partition coefficient (Wildman–Crippen LogP) is 2.52. The van der Waals surface area contributed by atoms with Crippen LogP contribution in [-0.2, 0) is 19.7 Å². The van der Waals surface area contributed by atoms with Gasteiger partial charge < -0.3 is 9.64 Å². The number of ether oxygens (including phenoxy) is 1. The largest absolute Gasteiger partial charge is 0.465 e. The number of nitrogens with zero attached hydrogens (tertiary/aromatic N) is 1. The van der Waals surface area contributed by atoms with Gasteiger partial charge in [0.05, 0.1) is 12.0 Å². The van der Waals surface area contributed by atoms with Crippen LogP contribution in [0.2, 0.25) is 0 Å². The van der Waals surface area contributed by atoms with Crippen molar-refractivity contribution in [3.8, 4) is 0 Å². The molecule has 1 aromatic carbocycles. The molecule has 1 fully saturated rings. The minimum absolute atomic E-state index is 0.00995. The lowest BCUT2D eigenvalue weighted by molar-refractivity contribution is -0.151. The van der Waals surface area contributed by atoms with Crippen molar-refractivity contribution >= 4 is 11.9 Å². The first-order valence-electron chi connectivity index (χ1n) is 7.49. The van der Waals surface area contributed by atoms with Gasteiger partial charge in [-0.3, -0.25) is 9.59 Å². The molecule has 1 aliphatic rings. The maximum atomic E-state index is 12.9. The van der Waals surface area contributed by atoms with Gasteiger partial charge in [0.2, 0.25) is 5.91 Å². The fourth-order valence-corrected chi connectivity index (χ4v) is 2.44. The monoisotopic (exact) mass is 289 g/mol. The summed E-state index contributed by atoms with van der Waals surface area (Å²) in [6, 6.07) is 9.88. The van der Waals surface area contributed by atoms with Crippen molar-refractivity contribution < 1.29 is 14.3 Å². The first kappa shape index (κ1) is 15.5. The van der Waals surface area contributed by atoms with Gasteiger partial charge in [-0.2, -0.15) is 0 Å². The van der Waals surface area contributed by atoms with E-state index in [-0.39, 0.29) is 24.5 Å². The van der Waals surface area contributed by atoms with Crippen LogP contribution in [0.3, 0.4) is 0 Å². The third kappa shape index (κ3) is 3.63. The quantitative estimate of drug-likeness (QED) is 0.756. The average molecular weight is 289 g/mol. The summed E-state index contributed by atoms with van der Waals surface area (Å²) in [7, 11) is 0. The van der Waals surface area contributed by atoms with E-state index in [2.05, 4.69) is 0 Å². The Morgan fingerprint density at radius 2 is 1.86 bits per heavy atom. The van der Waals surface area contributed by atoms with Gasteiger partial charge in [-0.25, -0.2) is 0 Å². The lowest BCUT2D eigenvalue weighted by Crippen LogP contribution is -2.47. The van der Waals surface area contributed by atoms with Crippen molar-refractivity contribution in [3.05, 3.63) is 35.9 Å². The van der Waals surface area contributed by atoms with E-state index in [0.717, 1.165) is 18.4 Å². The van der Waals surface area contributed by atoms with Crippen molar-refractivity contribution in [3.63, 3.8) is 0 Å². The van der Waals surface area contributed by atoms with Crippen molar-refractivity contribution in [2.45, 2.75) is 45.1 Å². The lowest BCUT2D eigenvalue weighted by Gasteiger charge is -2.32. The number of carbonyl (C=O) groups excluding carboxylic acids is 2. The molecule has 0 saturated heterocycles. The third-order valence-corrected chi connectivity index (χ3v) is 3.88. The molecule has 1 amide bonds. The highest BCUT2D eigenvalue weighted by Gasteiger charge is 2.41. The van der Waals surface area contributed by atoms with Crippen LogP contribution in [0.15, 0.2) is 30.3 Å². The maximum Gasteiger partial charge on any atom is 0.325 e. The summed E-state index contributed by atoms with van der Waals surface area (Å²) < 4.78 is 4.99. The first-order chi connectivity index (χ1) is 9.96. The Hall–Kier alpha value is -1.84. The van der Waals surface area contributed by atoms with E-state index in [4.69, 9.17) is 4.74 Å². The third-order valence-electron chi connectivity index (χ3n) is 3.88. The minimum atomic E-state index is -0.643. The summed E-state index contributed by atoms with van der Waals surface area (Å²) in [5.41, 5.74) is 0.320. The summed E-state index contributed by atoms with van der Waals surface area (Å²) in [5, 5.41) is 0. The number of hydrogen-bond donors (Lipinski definition) is 0. The molecule has 4 nitrogen and oxygen atoms in total. The highest BCUT2D eigenvalue weighted by Crippen LogP contribution is 2.33. The Balaban J connectivity index is 2.16. The topological polar surface area (TPSA) is 46.6 Å². The Morgan fingerprint density at radius 3 is 2.38 bits per heavy atom. The maximum absolute atomic E-state index is 12.9. The lowest BCUT2D eigenvalue weighted by atomic mass is 9.83. The first-order valence-corrected chi connectivity index (χ1v) is 7.49. The molecule has 1 aromatic rings. The SMILES string of the molecule is CCOC(=O)CN(C(=O)C(C)(C)c1ccccc1)C1CC1. The van der Waals surface area contributed by atoms with E-state index in [1.807, 2.05) is 44.2 Å². The predicted molar refractivity (Wildman–Crippen MR) is 80.8 cm³/mol. The molecule has 0 unspecified atom stereocenters. The Kier molecular flexibility index (Phi) is 4.66. The standard InChI is InChI=1S/C17H23NO3/c1-4-21-15(19)12-18(14-10-11-14)16(20)17(2,3)13-8-6-5-7-9-13/h5-9,14H,4,10-12H2,1-3H3. The zero-order valence-electron chi connectivity index (χ0n) is 13.0. The van der Waals surface area contributed by atoms with Crippen LogP contribution in [0.4, 0.5) is 0 Å². The fraction of sp³-hybridized carbons (Fsp3) is 0.529. The van der Waals surface area contributed by atoms with Gasteiger partial charge in [0, 0.05) is 6.04 Å². The smallest absolute Gasteiger partial charge is 0.325 e. The number of amides is 1. The summed E-state index contributed by atoms with van der Waals surface area (Å²) in [5.74, 6) is -0.342. The molecule has 0 bridgehead atoms. The summed E-state index contributed by atoms with van der Waals surface area (Å²) >= 11 is 0. The number of carbonyl (C=O) groups is 2. The van der Waals surface area contributed by atoms with E-state index in [0.29, 0.717) is 6.61 Å². The van der Waals surface area contributed by atoms with E-state index < -0.39 is 5.41 Å². The highest BCUT2D eigenvalue weighted by molar-refractivity contribution is 5.90. The number of benzene rings is 1. The number of hydrogen-bond acceptors (Lipinski definition) is 3. The van der Waals surface area contributed by atoms with E-state index in [1.54, 1.807) is 11.8 Å². The zero-order chi connectivity index (χ0) is 15.5. The Morgan fingerprint density at radius 1 is 1.24 bits per heavy atom. The molecule has 0 N–H and O–H groups in total. The molecule has 21 heavy (non-hydrogen) atoms. The molecule has 0 spiro atoms. The van der Waals surface area contributed by atoms with Crippen molar-refractivity contribution in [2.24, 2.45) is 0 Å². The molecular formula is C17H23NO3. The molecule has 0 atom stereocenters. The van der Waals surface area contributed by atoms with Crippen LogP contribution in [0, 0.1) is 0 Å². The second-order valence-corrected chi connectivity index (χ2v) is 5.96. The van der Waals surface area contributed by atoms with Gasteiger partial charge in [0.1, 0.15) is 6.54 Å². The average Bonchev–Trinajstić information content (AvgIpc) is 3.30. The molecular weight excluding hydrogens is 266 g/mol. The van der Waals surface area contributed by atoms with Gasteiger partial charge >= 0.3 is 5.97 Å². The summed E-state index contributed by atoms with van der Waals surface area (Å²) in [6.45, 7) is 5.98. The molecule has 0 aliphatic heterocycles. The van der Waals surface area contributed by atoms with Crippen LogP contribution in [0.1, 0.15) is 39.2 Å². The van der Waals surface area contributed by atoms with Crippen LogP contribution in [0.5, 0.6) is 0 Å². The van der Waals surface area contributed by atoms with Gasteiger partial charge in [0.25, 0.3) is 0 Å². The Bertz CT molecular complexity index is 506. The summed E-state index contributed by atoms with van der Waals surface area (Å²) in [4.78, 5) is 26.3.